The summed E-state index contributed by atoms with van der Waals surface area (Å²) in [6.07, 6.45) is 1.42. The van der Waals surface area contributed by atoms with Gasteiger partial charge in [-0.05, 0) is 54.7 Å². The van der Waals surface area contributed by atoms with E-state index in [9.17, 15) is 9.59 Å². The zero-order valence-electron chi connectivity index (χ0n) is 17.3. The van der Waals surface area contributed by atoms with E-state index < -0.39 is 16.7 Å². The van der Waals surface area contributed by atoms with Crippen LogP contribution in [-0.4, -0.2) is 21.8 Å². The molecule has 0 radical (unpaired) electrons. The van der Waals surface area contributed by atoms with Gasteiger partial charge in [-0.2, -0.15) is 0 Å². The Bertz CT molecular complexity index is 1290. The van der Waals surface area contributed by atoms with Gasteiger partial charge in [0.25, 0.3) is 11.8 Å². The van der Waals surface area contributed by atoms with E-state index in [2.05, 4.69) is 24.7 Å². The third kappa shape index (κ3) is 2.93. The summed E-state index contributed by atoms with van der Waals surface area (Å²) in [6, 6.07) is 9.79. The first-order valence-electron chi connectivity index (χ1n) is 10.2. The molecule has 6 nitrogen and oxygen atoms in total. The number of nitrogens with one attached hydrogen (secondary N) is 2. The second-order valence-corrected chi connectivity index (χ2v) is 10.1. The maximum absolute atomic E-state index is 13.6. The lowest BCUT2D eigenvalue weighted by Gasteiger charge is -2.36. The number of amides is 2. The monoisotopic (exact) mass is 488 g/mol. The Morgan fingerprint density at radius 1 is 0.969 bits per heavy atom. The average Bonchev–Trinajstić information content (AvgIpc) is 3.13. The van der Waals surface area contributed by atoms with Gasteiger partial charge in [0.2, 0.25) is 0 Å². The summed E-state index contributed by atoms with van der Waals surface area (Å²) in [4.78, 5) is 35.8. The average molecular weight is 490 g/mol. The fraction of sp³-hybridized carbons (Fsp3) is 0.304. The van der Waals surface area contributed by atoms with E-state index >= 15 is 0 Å². The predicted octanol–water partition coefficient (Wildman–Crippen LogP) is 5.21. The SMILES string of the molecule is CC1(C)C2CCC1(C(=O)NNC(=O)c1ccc(Cl)cc1)c1nc3cc(Cl)c(Cl)cc3nc12. The van der Waals surface area contributed by atoms with Crippen molar-refractivity contribution in [3.63, 3.8) is 0 Å². The van der Waals surface area contributed by atoms with Crippen molar-refractivity contribution in [2.45, 2.75) is 38.0 Å². The van der Waals surface area contributed by atoms with Crippen LogP contribution in [0, 0.1) is 5.41 Å². The fourth-order valence-corrected chi connectivity index (χ4v) is 5.71. The number of benzene rings is 2. The molecule has 2 amide bonds. The molecular formula is C23H19Cl3N4O2. The molecule has 9 heteroatoms. The van der Waals surface area contributed by atoms with Gasteiger partial charge in [-0.15, -0.1) is 0 Å². The minimum Gasteiger partial charge on any atom is -0.272 e. The van der Waals surface area contributed by atoms with E-state index in [1.165, 1.54) is 0 Å². The summed E-state index contributed by atoms with van der Waals surface area (Å²) in [7, 11) is 0. The summed E-state index contributed by atoms with van der Waals surface area (Å²) >= 11 is 18.2. The third-order valence-corrected chi connectivity index (χ3v) is 8.00. The van der Waals surface area contributed by atoms with E-state index in [1.807, 2.05) is 0 Å². The third-order valence-electron chi connectivity index (χ3n) is 7.03. The van der Waals surface area contributed by atoms with E-state index in [4.69, 9.17) is 44.8 Å². The van der Waals surface area contributed by atoms with Crippen molar-refractivity contribution in [2.24, 2.45) is 5.41 Å². The number of hydrogen-bond acceptors (Lipinski definition) is 4. The lowest BCUT2D eigenvalue weighted by molar-refractivity contribution is -0.130. The molecule has 32 heavy (non-hydrogen) atoms. The number of rotatable bonds is 2. The maximum Gasteiger partial charge on any atom is 0.269 e. The minimum absolute atomic E-state index is 0.0709. The van der Waals surface area contributed by atoms with Crippen molar-refractivity contribution in [1.29, 1.82) is 0 Å². The summed E-state index contributed by atoms with van der Waals surface area (Å²) in [6.45, 7) is 4.11. The molecule has 5 rings (SSSR count). The Hall–Kier alpha value is -2.41. The van der Waals surface area contributed by atoms with Crippen LogP contribution in [0.3, 0.4) is 0 Å². The van der Waals surface area contributed by atoms with Crippen molar-refractivity contribution in [3.8, 4) is 0 Å². The molecule has 2 aliphatic rings. The first kappa shape index (κ1) is 21.4. The van der Waals surface area contributed by atoms with Gasteiger partial charge in [0.1, 0.15) is 5.41 Å². The number of carbonyl (C=O) groups is 2. The van der Waals surface area contributed by atoms with E-state index in [0.29, 0.717) is 43.8 Å². The predicted molar refractivity (Wildman–Crippen MR) is 124 cm³/mol. The number of hydrazine groups is 1. The van der Waals surface area contributed by atoms with Gasteiger partial charge in [0.05, 0.1) is 32.5 Å². The van der Waals surface area contributed by atoms with Gasteiger partial charge in [0, 0.05) is 16.5 Å². The normalized spacial score (nSPS) is 22.6. The van der Waals surface area contributed by atoms with Crippen LogP contribution in [0.25, 0.3) is 11.0 Å². The Kier molecular flexibility index (Phi) is 4.89. The van der Waals surface area contributed by atoms with Crippen LogP contribution < -0.4 is 10.9 Å². The standard InChI is InChI=1S/C23H19Cl3N4O2/c1-22(2)13-7-8-23(22,21(32)30-29-20(31)11-3-5-12(24)6-4-11)19-18(13)27-16-9-14(25)15(26)10-17(16)28-19/h3-6,9-10,13H,7-8H2,1-2H3,(H,29,31)(H,30,32). The van der Waals surface area contributed by atoms with E-state index in [-0.39, 0.29) is 11.8 Å². The summed E-state index contributed by atoms with van der Waals surface area (Å²) in [5.41, 5.74) is 6.87. The molecule has 0 spiro atoms. The number of hydrogen-bond donors (Lipinski definition) is 2. The smallest absolute Gasteiger partial charge is 0.269 e. The van der Waals surface area contributed by atoms with Crippen LogP contribution in [-0.2, 0) is 10.2 Å². The molecule has 0 saturated heterocycles. The van der Waals surface area contributed by atoms with Gasteiger partial charge < -0.3 is 0 Å². The highest BCUT2D eigenvalue weighted by Crippen LogP contribution is 2.67. The van der Waals surface area contributed by atoms with Crippen LogP contribution in [0.2, 0.25) is 15.1 Å². The zero-order valence-corrected chi connectivity index (χ0v) is 19.6. The highest BCUT2D eigenvalue weighted by atomic mass is 35.5. The topological polar surface area (TPSA) is 84.0 Å². The number of halogens is 3. The quantitative estimate of drug-likeness (QED) is 0.484. The van der Waals surface area contributed by atoms with Crippen molar-refractivity contribution in [3.05, 3.63) is 68.4 Å². The van der Waals surface area contributed by atoms with Crippen LogP contribution in [0.1, 0.15) is 54.4 Å². The van der Waals surface area contributed by atoms with Crippen LogP contribution in [0.4, 0.5) is 0 Å². The highest BCUT2D eigenvalue weighted by molar-refractivity contribution is 6.42. The minimum atomic E-state index is -0.923. The summed E-state index contributed by atoms with van der Waals surface area (Å²) in [5, 5.41) is 1.32. The van der Waals surface area contributed by atoms with Crippen molar-refractivity contribution in [1.82, 2.24) is 20.8 Å². The number of carbonyl (C=O) groups excluding carboxylic acids is 2. The number of nitrogens with zero attached hydrogens (tertiary/aromatic N) is 2. The summed E-state index contributed by atoms with van der Waals surface area (Å²) in [5.74, 6) is -0.663. The molecule has 1 aromatic heterocycles. The molecule has 0 aliphatic heterocycles. The molecule has 2 aromatic carbocycles. The van der Waals surface area contributed by atoms with Gasteiger partial charge in [-0.25, -0.2) is 9.97 Å². The second kappa shape index (κ2) is 7.30. The Morgan fingerprint density at radius 3 is 2.25 bits per heavy atom. The Labute approximate surface area is 199 Å². The molecule has 1 fully saturated rings. The van der Waals surface area contributed by atoms with Crippen LogP contribution in [0.15, 0.2) is 36.4 Å². The van der Waals surface area contributed by atoms with Gasteiger partial charge in [-0.3, -0.25) is 20.4 Å². The first-order chi connectivity index (χ1) is 15.1. The second-order valence-electron chi connectivity index (χ2n) is 8.85. The van der Waals surface area contributed by atoms with E-state index in [0.717, 1.165) is 12.1 Å². The Morgan fingerprint density at radius 2 is 1.59 bits per heavy atom. The zero-order chi connectivity index (χ0) is 22.8. The van der Waals surface area contributed by atoms with Gasteiger partial charge in [0.15, 0.2) is 0 Å². The molecule has 2 N–H and O–H groups in total. The molecule has 1 heterocycles. The van der Waals surface area contributed by atoms with Crippen molar-refractivity contribution < 1.29 is 9.59 Å². The van der Waals surface area contributed by atoms with Crippen molar-refractivity contribution >= 4 is 57.7 Å². The number of fused-ring (bicyclic) bond motifs is 6. The molecule has 164 valence electrons. The summed E-state index contributed by atoms with van der Waals surface area (Å²) < 4.78 is 0. The molecule has 2 atom stereocenters. The number of aromatic nitrogens is 2. The molecule has 3 aromatic rings. The molecule has 2 aliphatic carbocycles. The first-order valence-corrected chi connectivity index (χ1v) is 11.3. The van der Waals surface area contributed by atoms with Crippen LogP contribution >= 0.6 is 34.8 Å². The van der Waals surface area contributed by atoms with Gasteiger partial charge in [-0.1, -0.05) is 48.7 Å². The molecular weight excluding hydrogens is 471 g/mol. The molecule has 2 unspecified atom stereocenters. The maximum atomic E-state index is 13.6. The Balaban J connectivity index is 1.51. The van der Waals surface area contributed by atoms with Crippen molar-refractivity contribution in [2.75, 3.05) is 0 Å². The van der Waals surface area contributed by atoms with Crippen LogP contribution in [0.5, 0.6) is 0 Å². The largest absolute Gasteiger partial charge is 0.272 e. The van der Waals surface area contributed by atoms with Gasteiger partial charge >= 0.3 is 0 Å². The fourth-order valence-electron chi connectivity index (χ4n) is 5.27. The lowest BCUT2D eigenvalue weighted by atomic mass is 9.68. The highest BCUT2D eigenvalue weighted by Gasteiger charge is 2.68. The lowest BCUT2D eigenvalue weighted by Crippen LogP contribution is -2.54. The molecule has 2 bridgehead atoms. The molecule has 1 saturated carbocycles. The van der Waals surface area contributed by atoms with E-state index in [1.54, 1.807) is 36.4 Å².